The zero-order chi connectivity index (χ0) is 13.0. The van der Waals surface area contributed by atoms with Crippen LogP contribution in [-0.2, 0) is 0 Å². The van der Waals surface area contributed by atoms with Crippen molar-refractivity contribution in [1.29, 1.82) is 0 Å². The van der Waals surface area contributed by atoms with Crippen LogP contribution in [0.25, 0.3) is 0 Å². The number of benzene rings is 1. The molecule has 92 valence electrons. The van der Waals surface area contributed by atoms with Crippen LogP contribution in [0.15, 0.2) is 34.8 Å². The largest absolute Gasteiger partial charge is 0.507 e. The molecular formula is C13H16BrNO2. The summed E-state index contributed by atoms with van der Waals surface area (Å²) >= 11 is 3.18. The highest BCUT2D eigenvalue weighted by molar-refractivity contribution is 9.10. The molecular weight excluding hydrogens is 282 g/mol. The Labute approximate surface area is 110 Å². The molecule has 4 heteroatoms. The van der Waals surface area contributed by atoms with E-state index in [2.05, 4.69) is 22.5 Å². The summed E-state index contributed by atoms with van der Waals surface area (Å²) in [6, 6.07) is 4.82. The summed E-state index contributed by atoms with van der Waals surface area (Å²) < 4.78 is 0.581. The standard InChI is InChI=1S/C13H16BrNO2/c1-4-15(8-9(2)3)13(17)10-5-6-11(14)12(16)7-10/h5-7,16H,2,4,8H2,1,3H3. The maximum absolute atomic E-state index is 12.1. The van der Waals surface area contributed by atoms with Crippen LogP contribution in [0.3, 0.4) is 0 Å². The monoisotopic (exact) mass is 297 g/mol. The summed E-state index contributed by atoms with van der Waals surface area (Å²) in [7, 11) is 0. The lowest BCUT2D eigenvalue weighted by Crippen LogP contribution is -2.32. The molecule has 0 unspecified atom stereocenters. The van der Waals surface area contributed by atoms with E-state index in [4.69, 9.17) is 0 Å². The van der Waals surface area contributed by atoms with Crippen LogP contribution in [-0.4, -0.2) is 29.0 Å². The zero-order valence-electron chi connectivity index (χ0n) is 10.0. The van der Waals surface area contributed by atoms with Crippen molar-refractivity contribution in [3.8, 4) is 5.75 Å². The molecule has 0 radical (unpaired) electrons. The van der Waals surface area contributed by atoms with Crippen LogP contribution < -0.4 is 0 Å². The Kier molecular flexibility index (Phi) is 4.75. The average molecular weight is 298 g/mol. The van der Waals surface area contributed by atoms with Gasteiger partial charge in [0, 0.05) is 18.7 Å². The van der Waals surface area contributed by atoms with Crippen LogP contribution in [0.1, 0.15) is 24.2 Å². The summed E-state index contributed by atoms with van der Waals surface area (Å²) in [4.78, 5) is 13.8. The van der Waals surface area contributed by atoms with Crippen molar-refractivity contribution in [3.63, 3.8) is 0 Å². The Hall–Kier alpha value is -1.29. The smallest absolute Gasteiger partial charge is 0.254 e. The van der Waals surface area contributed by atoms with E-state index in [1.165, 1.54) is 6.07 Å². The van der Waals surface area contributed by atoms with Gasteiger partial charge in [-0.15, -0.1) is 0 Å². The van der Waals surface area contributed by atoms with Gasteiger partial charge in [0.1, 0.15) is 5.75 Å². The van der Waals surface area contributed by atoms with Gasteiger partial charge in [0.2, 0.25) is 0 Å². The Morgan fingerprint density at radius 1 is 1.53 bits per heavy atom. The van der Waals surface area contributed by atoms with Gasteiger partial charge >= 0.3 is 0 Å². The minimum atomic E-state index is -0.0988. The van der Waals surface area contributed by atoms with Gasteiger partial charge in [-0.2, -0.15) is 0 Å². The van der Waals surface area contributed by atoms with Crippen molar-refractivity contribution in [3.05, 3.63) is 40.4 Å². The van der Waals surface area contributed by atoms with Crippen molar-refractivity contribution in [2.75, 3.05) is 13.1 Å². The molecule has 0 saturated carbocycles. The van der Waals surface area contributed by atoms with Gasteiger partial charge in [-0.3, -0.25) is 4.79 Å². The molecule has 0 spiro atoms. The lowest BCUT2D eigenvalue weighted by Gasteiger charge is -2.21. The maximum atomic E-state index is 12.1. The van der Waals surface area contributed by atoms with Crippen molar-refractivity contribution >= 4 is 21.8 Å². The number of hydrogen-bond donors (Lipinski definition) is 1. The average Bonchev–Trinajstić information content (AvgIpc) is 2.28. The first-order valence-electron chi connectivity index (χ1n) is 5.38. The summed E-state index contributed by atoms with van der Waals surface area (Å²) in [6.07, 6.45) is 0. The van der Waals surface area contributed by atoms with Crippen LogP contribution in [0.2, 0.25) is 0 Å². The van der Waals surface area contributed by atoms with Crippen LogP contribution in [0, 0.1) is 0 Å². The first-order valence-corrected chi connectivity index (χ1v) is 6.17. The molecule has 1 rings (SSSR count). The Balaban J connectivity index is 2.93. The molecule has 0 aromatic heterocycles. The Bertz CT molecular complexity index is 443. The zero-order valence-corrected chi connectivity index (χ0v) is 11.6. The van der Waals surface area contributed by atoms with E-state index in [1.54, 1.807) is 17.0 Å². The third-order valence-corrected chi connectivity index (χ3v) is 2.99. The van der Waals surface area contributed by atoms with Crippen molar-refractivity contribution in [2.45, 2.75) is 13.8 Å². The third kappa shape index (κ3) is 3.60. The fourth-order valence-corrected chi connectivity index (χ4v) is 1.73. The minimum Gasteiger partial charge on any atom is -0.507 e. The molecule has 0 aliphatic rings. The van der Waals surface area contributed by atoms with Gasteiger partial charge in [0.25, 0.3) is 5.91 Å². The van der Waals surface area contributed by atoms with Crippen molar-refractivity contribution in [2.24, 2.45) is 0 Å². The van der Waals surface area contributed by atoms with E-state index >= 15 is 0 Å². The predicted octanol–water partition coefficient (Wildman–Crippen LogP) is 3.19. The van der Waals surface area contributed by atoms with Gasteiger partial charge in [0.05, 0.1) is 4.47 Å². The topological polar surface area (TPSA) is 40.5 Å². The van der Waals surface area contributed by atoms with E-state index in [0.29, 0.717) is 23.1 Å². The molecule has 1 N–H and O–H groups in total. The number of carbonyl (C=O) groups excluding carboxylic acids is 1. The third-order valence-electron chi connectivity index (χ3n) is 2.32. The normalized spacial score (nSPS) is 10.1. The summed E-state index contributed by atoms with van der Waals surface area (Å²) in [5, 5.41) is 9.55. The number of halogens is 1. The highest BCUT2D eigenvalue weighted by atomic mass is 79.9. The number of rotatable bonds is 4. The lowest BCUT2D eigenvalue weighted by molar-refractivity contribution is 0.0778. The number of likely N-dealkylation sites (N-methyl/N-ethyl adjacent to an activating group) is 1. The van der Waals surface area contributed by atoms with Gasteiger partial charge in [-0.1, -0.05) is 12.2 Å². The summed E-state index contributed by atoms with van der Waals surface area (Å²) in [5.74, 6) is -0.0273. The second-order valence-electron chi connectivity index (χ2n) is 3.94. The number of nitrogens with zero attached hydrogens (tertiary/aromatic N) is 1. The maximum Gasteiger partial charge on any atom is 0.254 e. The molecule has 0 bridgehead atoms. The second-order valence-corrected chi connectivity index (χ2v) is 4.80. The van der Waals surface area contributed by atoms with Crippen LogP contribution in [0.4, 0.5) is 0 Å². The van der Waals surface area contributed by atoms with Crippen molar-refractivity contribution < 1.29 is 9.90 Å². The van der Waals surface area contributed by atoms with E-state index in [9.17, 15) is 9.90 Å². The van der Waals surface area contributed by atoms with Gasteiger partial charge in [0.15, 0.2) is 0 Å². The van der Waals surface area contributed by atoms with Crippen molar-refractivity contribution in [1.82, 2.24) is 4.90 Å². The molecule has 0 saturated heterocycles. The quantitative estimate of drug-likeness (QED) is 0.867. The Morgan fingerprint density at radius 2 is 2.18 bits per heavy atom. The molecule has 1 aromatic rings. The van der Waals surface area contributed by atoms with E-state index in [1.807, 2.05) is 13.8 Å². The van der Waals surface area contributed by atoms with Crippen LogP contribution in [0.5, 0.6) is 5.75 Å². The lowest BCUT2D eigenvalue weighted by atomic mass is 10.1. The fourth-order valence-electron chi connectivity index (χ4n) is 1.48. The molecule has 0 aliphatic carbocycles. The minimum absolute atomic E-state index is 0.0715. The highest BCUT2D eigenvalue weighted by Crippen LogP contribution is 2.24. The number of phenolic OH excluding ortho intramolecular Hbond substituents is 1. The SMILES string of the molecule is C=C(C)CN(CC)C(=O)c1ccc(Br)c(O)c1. The first kappa shape index (κ1) is 13.8. The summed E-state index contributed by atoms with van der Waals surface area (Å²) in [5.41, 5.74) is 1.41. The second kappa shape index (κ2) is 5.87. The van der Waals surface area contributed by atoms with Gasteiger partial charge in [-0.25, -0.2) is 0 Å². The molecule has 17 heavy (non-hydrogen) atoms. The Morgan fingerprint density at radius 3 is 2.65 bits per heavy atom. The molecule has 1 amide bonds. The molecule has 3 nitrogen and oxygen atoms in total. The van der Waals surface area contributed by atoms with E-state index in [0.717, 1.165) is 5.57 Å². The highest BCUT2D eigenvalue weighted by Gasteiger charge is 2.15. The summed E-state index contributed by atoms with van der Waals surface area (Å²) in [6.45, 7) is 8.75. The van der Waals surface area contributed by atoms with Crippen LogP contribution >= 0.6 is 15.9 Å². The molecule has 1 aromatic carbocycles. The first-order chi connectivity index (χ1) is 7.95. The molecule has 0 fully saturated rings. The van der Waals surface area contributed by atoms with E-state index in [-0.39, 0.29) is 11.7 Å². The fraction of sp³-hybridized carbons (Fsp3) is 0.308. The number of phenols is 1. The molecule has 0 heterocycles. The molecule has 0 aliphatic heterocycles. The van der Waals surface area contributed by atoms with Gasteiger partial charge in [-0.05, 0) is 48.0 Å². The number of hydrogen-bond acceptors (Lipinski definition) is 2. The predicted molar refractivity (Wildman–Crippen MR) is 72.2 cm³/mol. The number of aromatic hydroxyl groups is 1. The van der Waals surface area contributed by atoms with Gasteiger partial charge < -0.3 is 10.0 Å². The molecule has 0 atom stereocenters. The number of amides is 1. The van der Waals surface area contributed by atoms with E-state index < -0.39 is 0 Å². The number of carbonyl (C=O) groups is 1.